The van der Waals surface area contributed by atoms with Crippen molar-refractivity contribution in [1.29, 1.82) is 0 Å². The van der Waals surface area contributed by atoms with Crippen LogP contribution < -0.4 is 16.0 Å². The minimum Gasteiger partial charge on any atom is -0.354 e. The number of carbonyl (C=O) groups is 2. The summed E-state index contributed by atoms with van der Waals surface area (Å²) in [6, 6.07) is 13.8. The molecule has 2 aromatic carbocycles. The van der Waals surface area contributed by atoms with Gasteiger partial charge in [-0.15, -0.1) is 0 Å². The van der Waals surface area contributed by atoms with Crippen LogP contribution in [-0.4, -0.2) is 18.0 Å². The molecule has 3 N–H and O–H groups in total. The molecule has 0 radical (unpaired) electrons. The van der Waals surface area contributed by atoms with Crippen LogP contribution in [0.5, 0.6) is 0 Å². The van der Waals surface area contributed by atoms with Crippen LogP contribution in [0.3, 0.4) is 0 Å². The Balaban J connectivity index is 1.89. The molecule has 0 spiro atoms. The second-order valence-corrected chi connectivity index (χ2v) is 6.12. The summed E-state index contributed by atoms with van der Waals surface area (Å²) in [6.45, 7) is 3.84. The van der Waals surface area contributed by atoms with Crippen LogP contribution in [0.15, 0.2) is 48.5 Å². The van der Waals surface area contributed by atoms with Crippen LogP contribution >= 0.6 is 11.6 Å². The number of hydrogen-bond acceptors (Lipinski definition) is 2. The molecule has 5 nitrogen and oxygen atoms in total. The first-order chi connectivity index (χ1) is 11.4. The van der Waals surface area contributed by atoms with Gasteiger partial charge in [-0.1, -0.05) is 29.8 Å². The van der Waals surface area contributed by atoms with Crippen molar-refractivity contribution < 1.29 is 9.59 Å². The number of benzene rings is 2. The summed E-state index contributed by atoms with van der Waals surface area (Å²) in [4.78, 5) is 23.7. The molecule has 0 atom stereocenters. The van der Waals surface area contributed by atoms with Gasteiger partial charge in [0.1, 0.15) is 0 Å². The van der Waals surface area contributed by atoms with E-state index in [1.165, 1.54) is 0 Å². The van der Waals surface area contributed by atoms with E-state index in [4.69, 9.17) is 11.6 Å². The average Bonchev–Trinajstić information content (AvgIpc) is 2.48. The monoisotopic (exact) mass is 345 g/mol. The van der Waals surface area contributed by atoms with Crippen LogP contribution in [0.2, 0.25) is 5.02 Å². The summed E-state index contributed by atoms with van der Waals surface area (Å²) in [7, 11) is 0. The lowest BCUT2D eigenvalue weighted by atomic mass is 10.1. The fourth-order valence-electron chi connectivity index (χ4n) is 2.12. The largest absolute Gasteiger partial charge is 0.354 e. The Bertz CT molecular complexity index is 714. The highest BCUT2D eigenvalue weighted by Gasteiger charge is 2.06. The normalized spacial score (nSPS) is 10.3. The Labute approximate surface area is 146 Å². The number of anilines is 2. The molecular weight excluding hydrogens is 326 g/mol. The number of halogens is 1. The van der Waals surface area contributed by atoms with Gasteiger partial charge in [0, 0.05) is 22.4 Å². The molecule has 6 heteroatoms. The zero-order chi connectivity index (χ0) is 17.5. The summed E-state index contributed by atoms with van der Waals surface area (Å²) < 4.78 is 0. The Hall–Kier alpha value is -2.53. The lowest BCUT2D eigenvalue weighted by Crippen LogP contribution is -2.31. The van der Waals surface area contributed by atoms with E-state index in [0.29, 0.717) is 22.8 Å². The van der Waals surface area contributed by atoms with Crippen LogP contribution in [0.4, 0.5) is 16.2 Å². The molecule has 24 heavy (non-hydrogen) atoms. The van der Waals surface area contributed by atoms with Gasteiger partial charge in [0.15, 0.2) is 0 Å². The standard InChI is InChI=1S/C18H20ClN3O2/c1-12(2)20-17(23)10-13-6-8-15(9-7-13)21-18(24)22-16-5-3-4-14(19)11-16/h3-9,11-12H,10H2,1-2H3,(H,20,23)(H2,21,22,24). The molecule has 0 aliphatic carbocycles. The lowest BCUT2D eigenvalue weighted by molar-refractivity contribution is -0.120. The zero-order valence-corrected chi connectivity index (χ0v) is 14.4. The van der Waals surface area contributed by atoms with Crippen LogP contribution in [0.1, 0.15) is 19.4 Å². The third-order valence-corrected chi connectivity index (χ3v) is 3.34. The number of rotatable bonds is 5. The van der Waals surface area contributed by atoms with Crippen molar-refractivity contribution in [3.05, 3.63) is 59.1 Å². The first-order valence-corrected chi connectivity index (χ1v) is 8.02. The Morgan fingerprint density at radius 3 is 2.29 bits per heavy atom. The molecule has 2 aromatic rings. The molecule has 0 aliphatic rings. The zero-order valence-electron chi connectivity index (χ0n) is 13.6. The molecule has 3 amide bonds. The predicted molar refractivity (Wildman–Crippen MR) is 97.5 cm³/mol. The molecule has 0 unspecified atom stereocenters. The molecule has 126 valence electrons. The predicted octanol–water partition coefficient (Wildman–Crippen LogP) is 4.05. The second-order valence-electron chi connectivity index (χ2n) is 5.69. The van der Waals surface area contributed by atoms with E-state index < -0.39 is 0 Å². The van der Waals surface area contributed by atoms with Crippen molar-refractivity contribution in [3.8, 4) is 0 Å². The van der Waals surface area contributed by atoms with E-state index in [0.717, 1.165) is 5.56 Å². The van der Waals surface area contributed by atoms with Gasteiger partial charge in [0.05, 0.1) is 6.42 Å². The maximum absolute atomic E-state index is 11.9. The molecule has 0 bridgehead atoms. The van der Waals surface area contributed by atoms with E-state index in [1.54, 1.807) is 36.4 Å². The van der Waals surface area contributed by atoms with E-state index in [1.807, 2.05) is 26.0 Å². The highest BCUT2D eigenvalue weighted by molar-refractivity contribution is 6.30. The van der Waals surface area contributed by atoms with Gasteiger partial charge in [0.25, 0.3) is 0 Å². The average molecular weight is 346 g/mol. The molecule has 0 saturated carbocycles. The van der Waals surface area contributed by atoms with Crippen molar-refractivity contribution in [3.63, 3.8) is 0 Å². The van der Waals surface area contributed by atoms with Gasteiger partial charge < -0.3 is 16.0 Å². The van der Waals surface area contributed by atoms with E-state index in [2.05, 4.69) is 16.0 Å². The summed E-state index contributed by atoms with van der Waals surface area (Å²) in [6.07, 6.45) is 0.313. The van der Waals surface area contributed by atoms with Gasteiger partial charge in [-0.3, -0.25) is 4.79 Å². The lowest BCUT2D eigenvalue weighted by Gasteiger charge is -2.10. The minimum atomic E-state index is -0.359. The topological polar surface area (TPSA) is 70.2 Å². The van der Waals surface area contributed by atoms with Gasteiger partial charge in [-0.25, -0.2) is 4.79 Å². The van der Waals surface area contributed by atoms with Crippen molar-refractivity contribution in [2.45, 2.75) is 26.3 Å². The van der Waals surface area contributed by atoms with Crippen molar-refractivity contribution in [2.75, 3.05) is 10.6 Å². The molecule has 0 heterocycles. The second kappa shape index (κ2) is 8.36. The van der Waals surface area contributed by atoms with Crippen LogP contribution in [0, 0.1) is 0 Å². The summed E-state index contributed by atoms with van der Waals surface area (Å²) in [5, 5.41) is 8.82. The van der Waals surface area contributed by atoms with Crippen LogP contribution in [0.25, 0.3) is 0 Å². The van der Waals surface area contributed by atoms with Crippen LogP contribution in [-0.2, 0) is 11.2 Å². The van der Waals surface area contributed by atoms with E-state index >= 15 is 0 Å². The van der Waals surface area contributed by atoms with E-state index in [-0.39, 0.29) is 18.0 Å². The van der Waals surface area contributed by atoms with Crippen molar-refractivity contribution in [1.82, 2.24) is 5.32 Å². The number of carbonyl (C=O) groups excluding carboxylic acids is 2. The summed E-state index contributed by atoms with van der Waals surface area (Å²) >= 11 is 5.87. The Kier molecular flexibility index (Phi) is 6.21. The number of urea groups is 1. The Morgan fingerprint density at radius 2 is 1.67 bits per heavy atom. The number of amides is 3. The van der Waals surface area contributed by atoms with Gasteiger partial charge in [0.2, 0.25) is 5.91 Å². The van der Waals surface area contributed by atoms with Gasteiger partial charge in [-0.05, 0) is 49.7 Å². The molecular formula is C18H20ClN3O2. The summed E-state index contributed by atoms with van der Waals surface area (Å²) in [5.41, 5.74) is 2.14. The fourth-order valence-corrected chi connectivity index (χ4v) is 2.31. The minimum absolute atomic E-state index is 0.0237. The molecule has 0 saturated heterocycles. The fraction of sp³-hybridized carbons (Fsp3) is 0.222. The first-order valence-electron chi connectivity index (χ1n) is 7.64. The third kappa shape index (κ3) is 5.93. The highest BCUT2D eigenvalue weighted by Crippen LogP contribution is 2.16. The SMILES string of the molecule is CC(C)NC(=O)Cc1ccc(NC(=O)Nc2cccc(Cl)c2)cc1. The molecule has 2 rings (SSSR count). The molecule has 0 aromatic heterocycles. The van der Waals surface area contributed by atoms with Crippen molar-refractivity contribution in [2.24, 2.45) is 0 Å². The maximum atomic E-state index is 11.9. The molecule has 0 fully saturated rings. The van der Waals surface area contributed by atoms with Gasteiger partial charge >= 0.3 is 6.03 Å². The van der Waals surface area contributed by atoms with E-state index in [9.17, 15) is 9.59 Å². The smallest absolute Gasteiger partial charge is 0.323 e. The number of hydrogen-bond donors (Lipinski definition) is 3. The van der Waals surface area contributed by atoms with Crippen molar-refractivity contribution >= 4 is 34.9 Å². The highest BCUT2D eigenvalue weighted by atomic mass is 35.5. The summed E-state index contributed by atoms with van der Waals surface area (Å²) in [5.74, 6) is -0.0237. The quantitative estimate of drug-likeness (QED) is 0.765. The molecule has 0 aliphatic heterocycles. The number of nitrogens with one attached hydrogen (secondary N) is 3. The first kappa shape index (κ1) is 17.8. The van der Waals surface area contributed by atoms with Gasteiger partial charge in [-0.2, -0.15) is 0 Å². The Morgan fingerprint density at radius 1 is 1.00 bits per heavy atom. The maximum Gasteiger partial charge on any atom is 0.323 e. The third-order valence-electron chi connectivity index (χ3n) is 3.11.